The Morgan fingerprint density at radius 2 is 2.06 bits per heavy atom. The van der Waals surface area contributed by atoms with Gasteiger partial charge in [-0.3, -0.25) is 4.79 Å². The van der Waals surface area contributed by atoms with Gasteiger partial charge in [0.15, 0.2) is 0 Å². The van der Waals surface area contributed by atoms with Gasteiger partial charge in [0, 0.05) is 17.3 Å². The van der Waals surface area contributed by atoms with Gasteiger partial charge in [0.2, 0.25) is 5.82 Å². The Morgan fingerprint density at radius 1 is 1.24 bits per heavy atom. The molecule has 0 N–H and O–H groups in total. The summed E-state index contributed by atoms with van der Waals surface area (Å²) in [5.41, 5.74) is 1.01. The van der Waals surface area contributed by atoms with E-state index in [0.29, 0.717) is 11.1 Å². The van der Waals surface area contributed by atoms with E-state index in [1.165, 1.54) is 17.2 Å². The van der Waals surface area contributed by atoms with E-state index in [2.05, 4.69) is 19.8 Å². The van der Waals surface area contributed by atoms with Crippen LogP contribution < -0.4 is 4.74 Å². The fraction of sp³-hybridized carbons (Fsp3) is 0.238. The molecule has 0 radical (unpaired) electrons. The second kappa shape index (κ2) is 7.57. The van der Waals surface area contributed by atoms with Gasteiger partial charge in [-0.2, -0.15) is 23.3 Å². The smallest absolute Gasteiger partial charge is 0.471 e. The molecule has 1 amide bonds. The molecule has 1 aliphatic heterocycles. The molecule has 0 saturated carbocycles. The number of rotatable bonds is 2. The van der Waals surface area contributed by atoms with E-state index in [4.69, 9.17) is 4.74 Å². The zero-order valence-corrected chi connectivity index (χ0v) is 17.0. The molecule has 33 heavy (non-hydrogen) atoms. The molecule has 0 aliphatic carbocycles. The predicted molar refractivity (Wildman–Crippen MR) is 105 cm³/mol. The lowest BCUT2D eigenvalue weighted by atomic mass is 10.1. The summed E-state index contributed by atoms with van der Waals surface area (Å²) in [5, 5.41) is 7.46. The van der Waals surface area contributed by atoms with Crippen LogP contribution in [-0.4, -0.2) is 43.2 Å². The number of hydrogen-bond donors (Lipinski definition) is 0. The van der Waals surface area contributed by atoms with Gasteiger partial charge >= 0.3 is 12.1 Å². The number of nitrogens with zero attached hydrogens (tertiary/aromatic N) is 5. The summed E-state index contributed by atoms with van der Waals surface area (Å²) in [7, 11) is 0. The summed E-state index contributed by atoms with van der Waals surface area (Å²) in [6.07, 6.45) is -1.66. The Labute approximate surface area is 183 Å². The monoisotopic (exact) mass is 461 g/mol. The van der Waals surface area contributed by atoms with Crippen molar-refractivity contribution in [1.29, 1.82) is 0 Å². The first-order valence-electron chi connectivity index (χ1n) is 9.82. The maximum absolute atomic E-state index is 15.1. The van der Waals surface area contributed by atoms with Crippen LogP contribution in [0.15, 0.2) is 47.2 Å². The van der Waals surface area contributed by atoms with Gasteiger partial charge in [-0.05, 0) is 31.2 Å². The molecular weight excluding hydrogens is 446 g/mol. The van der Waals surface area contributed by atoms with E-state index in [-0.39, 0.29) is 35.9 Å². The average molecular weight is 461 g/mol. The first-order valence-corrected chi connectivity index (χ1v) is 9.82. The van der Waals surface area contributed by atoms with Crippen molar-refractivity contribution in [2.45, 2.75) is 25.7 Å². The summed E-state index contributed by atoms with van der Waals surface area (Å²) in [5.74, 6) is -2.99. The maximum Gasteiger partial charge on any atom is 0.471 e. The highest BCUT2D eigenvalue weighted by atomic mass is 19.4. The number of fused-ring (bicyclic) bond motifs is 2. The van der Waals surface area contributed by atoms with Crippen molar-refractivity contribution >= 4 is 11.4 Å². The van der Waals surface area contributed by atoms with E-state index in [9.17, 15) is 18.0 Å². The van der Waals surface area contributed by atoms with Gasteiger partial charge in [-0.15, -0.1) is 0 Å². The van der Waals surface area contributed by atoms with Crippen LogP contribution in [0.5, 0.6) is 5.75 Å². The molecule has 4 aromatic rings. The highest BCUT2D eigenvalue weighted by Gasteiger charge is 2.39. The number of benzene rings is 1. The minimum atomic E-state index is -4.82. The minimum absolute atomic E-state index is 0.0411. The second-order valence-electron chi connectivity index (χ2n) is 7.54. The molecule has 170 valence electrons. The molecule has 5 rings (SSSR count). The quantitative estimate of drug-likeness (QED) is 0.420. The average Bonchev–Trinajstić information content (AvgIpc) is 3.40. The Hall–Kier alpha value is -3.96. The molecule has 0 bridgehead atoms. The molecular formula is C21H15F4N5O3. The summed E-state index contributed by atoms with van der Waals surface area (Å²) >= 11 is 0. The summed E-state index contributed by atoms with van der Waals surface area (Å²) < 4.78 is 64.8. The van der Waals surface area contributed by atoms with Crippen LogP contribution in [0.4, 0.5) is 17.6 Å². The lowest BCUT2D eigenvalue weighted by Gasteiger charge is -2.26. The van der Waals surface area contributed by atoms with Gasteiger partial charge in [0.05, 0.1) is 29.9 Å². The van der Waals surface area contributed by atoms with Crippen molar-refractivity contribution in [2.75, 3.05) is 6.61 Å². The standard InChI is InChI=1S/C21H15F4N5O3/c1-11-10-32-17-7-12(18-27-20(33-28-18)21(23,24)25)6-15(22)14(17)9-29(11)19(31)13-8-26-30-5-3-2-4-16(13)30/h2-8,11H,9-10H2,1H3/t11-/m0/s1. The van der Waals surface area contributed by atoms with Gasteiger partial charge in [0.25, 0.3) is 5.91 Å². The Bertz CT molecular complexity index is 1360. The van der Waals surface area contributed by atoms with E-state index in [1.807, 2.05) is 0 Å². The molecule has 0 fully saturated rings. The van der Waals surface area contributed by atoms with E-state index < -0.39 is 29.8 Å². The minimum Gasteiger partial charge on any atom is -0.491 e. The summed E-state index contributed by atoms with van der Waals surface area (Å²) in [6.45, 7) is 1.69. The van der Waals surface area contributed by atoms with Crippen LogP contribution >= 0.6 is 0 Å². The number of pyridine rings is 1. The SMILES string of the molecule is C[C@H]1COc2cc(-c3noc(C(F)(F)F)n3)cc(F)c2CN1C(=O)c1cnn2ccccc12. The summed E-state index contributed by atoms with van der Waals surface area (Å²) in [4.78, 5) is 18.1. The van der Waals surface area contributed by atoms with Gasteiger partial charge in [-0.25, -0.2) is 8.91 Å². The lowest BCUT2D eigenvalue weighted by molar-refractivity contribution is -0.159. The maximum atomic E-state index is 15.1. The highest BCUT2D eigenvalue weighted by Crippen LogP contribution is 2.34. The molecule has 4 heterocycles. The molecule has 1 aliphatic rings. The molecule has 8 nitrogen and oxygen atoms in total. The topological polar surface area (TPSA) is 85.8 Å². The fourth-order valence-corrected chi connectivity index (χ4v) is 3.63. The van der Waals surface area contributed by atoms with Crippen LogP contribution in [0.25, 0.3) is 16.9 Å². The van der Waals surface area contributed by atoms with Gasteiger partial charge in [0.1, 0.15) is 18.2 Å². The zero-order valence-electron chi connectivity index (χ0n) is 17.0. The van der Waals surface area contributed by atoms with Crippen molar-refractivity contribution in [2.24, 2.45) is 0 Å². The number of amides is 1. The van der Waals surface area contributed by atoms with Crippen LogP contribution in [0.2, 0.25) is 0 Å². The molecule has 0 spiro atoms. The molecule has 3 aromatic heterocycles. The number of carbonyl (C=O) groups is 1. The van der Waals surface area contributed by atoms with Crippen molar-refractivity contribution in [1.82, 2.24) is 24.7 Å². The van der Waals surface area contributed by atoms with Crippen LogP contribution in [0, 0.1) is 5.82 Å². The van der Waals surface area contributed by atoms with E-state index in [0.717, 1.165) is 6.07 Å². The first kappa shape index (κ1) is 20.9. The number of ether oxygens (including phenoxy) is 1. The van der Waals surface area contributed by atoms with Crippen LogP contribution in [0.1, 0.15) is 28.7 Å². The lowest BCUT2D eigenvalue weighted by Crippen LogP contribution is -2.39. The number of halogens is 4. The van der Waals surface area contributed by atoms with Crippen molar-refractivity contribution < 1.29 is 31.6 Å². The zero-order chi connectivity index (χ0) is 23.3. The third-order valence-electron chi connectivity index (χ3n) is 5.34. The van der Waals surface area contributed by atoms with Gasteiger partial charge in [-0.1, -0.05) is 11.2 Å². The normalized spacial score (nSPS) is 16.4. The van der Waals surface area contributed by atoms with E-state index >= 15 is 4.39 Å². The number of hydrogen-bond acceptors (Lipinski definition) is 6. The predicted octanol–water partition coefficient (Wildman–Crippen LogP) is 3.97. The van der Waals surface area contributed by atoms with Crippen molar-refractivity contribution in [3.05, 3.63) is 65.6 Å². The fourth-order valence-electron chi connectivity index (χ4n) is 3.63. The summed E-state index contributed by atoms with van der Waals surface area (Å²) in [6, 6.07) is 7.21. The Kier molecular flexibility index (Phi) is 4.80. The van der Waals surface area contributed by atoms with Crippen LogP contribution in [0.3, 0.4) is 0 Å². The molecule has 0 saturated heterocycles. The number of carbonyl (C=O) groups excluding carboxylic acids is 1. The highest BCUT2D eigenvalue weighted by molar-refractivity contribution is 6.00. The molecule has 1 aromatic carbocycles. The van der Waals surface area contributed by atoms with Crippen LogP contribution in [-0.2, 0) is 12.7 Å². The Morgan fingerprint density at radius 3 is 2.82 bits per heavy atom. The third-order valence-corrected chi connectivity index (χ3v) is 5.34. The van der Waals surface area contributed by atoms with Gasteiger partial charge < -0.3 is 14.2 Å². The number of aromatic nitrogens is 4. The first-order chi connectivity index (χ1) is 15.7. The third kappa shape index (κ3) is 3.66. The van der Waals surface area contributed by atoms with E-state index in [1.54, 1.807) is 35.8 Å². The molecule has 12 heteroatoms. The largest absolute Gasteiger partial charge is 0.491 e. The second-order valence-corrected chi connectivity index (χ2v) is 7.54. The number of alkyl halides is 3. The van der Waals surface area contributed by atoms with Crippen molar-refractivity contribution in [3.63, 3.8) is 0 Å². The Balaban J connectivity index is 1.49. The molecule has 0 unspecified atom stereocenters. The van der Waals surface area contributed by atoms with Crippen molar-refractivity contribution in [3.8, 4) is 17.1 Å². The molecule has 1 atom stereocenters.